The van der Waals surface area contributed by atoms with Crippen LogP contribution in [0, 0.1) is 5.92 Å². The summed E-state index contributed by atoms with van der Waals surface area (Å²) in [5.41, 5.74) is 6.72. The summed E-state index contributed by atoms with van der Waals surface area (Å²) in [4.78, 5) is 15.5. The minimum Gasteiger partial charge on any atom is -0.493 e. The Hall–Kier alpha value is -2.60. The number of ether oxygens (including phenoxy) is 2. The molecule has 6 nitrogen and oxygen atoms in total. The van der Waals surface area contributed by atoms with Crippen molar-refractivity contribution < 1.29 is 14.3 Å². The van der Waals surface area contributed by atoms with Crippen LogP contribution in [-0.2, 0) is 6.54 Å². The summed E-state index contributed by atoms with van der Waals surface area (Å²) in [6.45, 7) is 6.18. The third-order valence-electron chi connectivity index (χ3n) is 3.69. The van der Waals surface area contributed by atoms with Gasteiger partial charge in [0.25, 0.3) is 0 Å². The number of primary amides is 1. The number of carbonyl (C=O) groups is 1. The first kappa shape index (κ1) is 18.7. The van der Waals surface area contributed by atoms with Gasteiger partial charge >= 0.3 is 0 Å². The molecule has 0 saturated carbocycles. The van der Waals surface area contributed by atoms with E-state index >= 15 is 0 Å². The van der Waals surface area contributed by atoms with Gasteiger partial charge < -0.3 is 20.5 Å². The topological polar surface area (TPSA) is 86.5 Å². The first-order chi connectivity index (χ1) is 12.0. The zero-order valence-corrected chi connectivity index (χ0v) is 14.9. The van der Waals surface area contributed by atoms with Gasteiger partial charge in [-0.2, -0.15) is 0 Å². The molecule has 2 rings (SSSR count). The quantitative estimate of drug-likeness (QED) is 0.683. The van der Waals surface area contributed by atoms with Crippen LogP contribution in [-0.4, -0.2) is 24.5 Å². The fourth-order valence-electron chi connectivity index (χ4n) is 2.22. The van der Waals surface area contributed by atoms with E-state index in [1.807, 2.05) is 6.07 Å². The van der Waals surface area contributed by atoms with Gasteiger partial charge in [0.15, 0.2) is 11.5 Å². The van der Waals surface area contributed by atoms with Gasteiger partial charge in [-0.15, -0.1) is 0 Å². The Balaban J connectivity index is 1.98. The Bertz CT molecular complexity index is 700. The summed E-state index contributed by atoms with van der Waals surface area (Å²) in [5.74, 6) is 1.53. The number of nitrogens with two attached hydrogens (primary N) is 1. The van der Waals surface area contributed by atoms with Crippen LogP contribution < -0.4 is 20.5 Å². The molecule has 0 aliphatic carbocycles. The third kappa shape index (κ3) is 5.76. The molecule has 25 heavy (non-hydrogen) atoms. The zero-order valence-electron chi connectivity index (χ0n) is 14.9. The number of amides is 1. The van der Waals surface area contributed by atoms with Crippen LogP contribution in [0.5, 0.6) is 17.4 Å². The van der Waals surface area contributed by atoms with E-state index in [1.54, 1.807) is 30.5 Å². The van der Waals surface area contributed by atoms with E-state index < -0.39 is 5.91 Å². The molecule has 0 bridgehead atoms. The lowest BCUT2D eigenvalue weighted by molar-refractivity contribution is 0.1000. The minimum atomic E-state index is -0.516. The van der Waals surface area contributed by atoms with E-state index in [1.165, 1.54) is 7.11 Å². The van der Waals surface area contributed by atoms with Crippen molar-refractivity contribution in [2.75, 3.05) is 13.7 Å². The molecule has 134 valence electrons. The lowest BCUT2D eigenvalue weighted by Gasteiger charge is -2.11. The van der Waals surface area contributed by atoms with Gasteiger partial charge in [-0.05, 0) is 42.6 Å². The lowest BCUT2D eigenvalue weighted by atomic mass is 10.1. The van der Waals surface area contributed by atoms with Gasteiger partial charge in [0, 0.05) is 24.4 Å². The van der Waals surface area contributed by atoms with Crippen LogP contribution in [0.25, 0.3) is 0 Å². The molecule has 1 heterocycles. The molecule has 0 aliphatic rings. The van der Waals surface area contributed by atoms with Crippen molar-refractivity contribution in [3.63, 3.8) is 0 Å². The fourth-order valence-corrected chi connectivity index (χ4v) is 2.22. The summed E-state index contributed by atoms with van der Waals surface area (Å²) in [6.07, 6.45) is 2.93. The smallest absolute Gasteiger partial charge is 0.248 e. The molecule has 0 fully saturated rings. The van der Waals surface area contributed by atoms with Crippen LogP contribution in [0.2, 0.25) is 0 Å². The average molecular weight is 343 g/mol. The van der Waals surface area contributed by atoms with Crippen molar-refractivity contribution >= 4 is 5.91 Å². The van der Waals surface area contributed by atoms with E-state index in [9.17, 15) is 4.79 Å². The van der Waals surface area contributed by atoms with Crippen LogP contribution >= 0.6 is 0 Å². The second-order valence-corrected chi connectivity index (χ2v) is 6.20. The molecule has 0 aliphatic heterocycles. The molecule has 0 saturated heterocycles. The van der Waals surface area contributed by atoms with Crippen molar-refractivity contribution in [2.45, 2.75) is 26.8 Å². The van der Waals surface area contributed by atoms with Gasteiger partial charge in [-0.3, -0.25) is 4.79 Å². The van der Waals surface area contributed by atoms with Gasteiger partial charge in [0.2, 0.25) is 11.8 Å². The highest BCUT2D eigenvalue weighted by atomic mass is 16.5. The van der Waals surface area contributed by atoms with Crippen molar-refractivity contribution in [3.8, 4) is 17.4 Å². The highest BCUT2D eigenvalue weighted by Gasteiger charge is 2.10. The molecule has 2 aromatic rings. The number of nitrogens with zero attached hydrogens (tertiary/aromatic N) is 1. The second-order valence-electron chi connectivity index (χ2n) is 6.20. The standard InChI is InChI=1S/C19H25N3O3/c1-13(2)8-9-21-11-14-4-7-18(22-12-14)25-16-6-5-15(19(20)23)10-17(16)24-3/h4-7,10,12-13,21H,8-9,11H2,1-3H3,(H2,20,23). The van der Waals surface area contributed by atoms with Crippen molar-refractivity contribution in [1.29, 1.82) is 0 Å². The SMILES string of the molecule is COc1cc(C(N)=O)ccc1Oc1ccc(CNCCC(C)C)cn1. The number of rotatable bonds is 9. The molecule has 0 radical (unpaired) electrons. The monoisotopic (exact) mass is 343 g/mol. The van der Waals surface area contributed by atoms with Crippen molar-refractivity contribution in [3.05, 3.63) is 47.7 Å². The summed E-state index contributed by atoms with van der Waals surface area (Å²) in [5, 5.41) is 3.39. The van der Waals surface area contributed by atoms with Crippen LogP contribution in [0.1, 0.15) is 36.2 Å². The lowest BCUT2D eigenvalue weighted by Crippen LogP contribution is -2.16. The van der Waals surface area contributed by atoms with Gasteiger partial charge in [-0.1, -0.05) is 19.9 Å². The predicted octanol–water partition coefficient (Wildman–Crippen LogP) is 3.12. The Morgan fingerprint density at radius 1 is 1.24 bits per heavy atom. The number of methoxy groups -OCH3 is 1. The molecule has 0 spiro atoms. The highest BCUT2D eigenvalue weighted by molar-refractivity contribution is 5.93. The summed E-state index contributed by atoms with van der Waals surface area (Å²) in [7, 11) is 1.51. The van der Waals surface area contributed by atoms with E-state index in [0.717, 1.165) is 25.1 Å². The Labute approximate surface area is 148 Å². The molecule has 0 atom stereocenters. The zero-order chi connectivity index (χ0) is 18.2. The van der Waals surface area contributed by atoms with E-state index in [0.29, 0.717) is 28.9 Å². The molecular weight excluding hydrogens is 318 g/mol. The Morgan fingerprint density at radius 2 is 2.04 bits per heavy atom. The first-order valence-corrected chi connectivity index (χ1v) is 8.31. The number of hydrogen-bond donors (Lipinski definition) is 2. The second kappa shape index (κ2) is 9.03. The highest BCUT2D eigenvalue weighted by Crippen LogP contribution is 2.31. The third-order valence-corrected chi connectivity index (χ3v) is 3.69. The number of nitrogens with one attached hydrogen (secondary N) is 1. The number of carbonyl (C=O) groups excluding carboxylic acids is 1. The van der Waals surface area contributed by atoms with Crippen LogP contribution in [0.15, 0.2) is 36.5 Å². The number of pyridine rings is 1. The van der Waals surface area contributed by atoms with E-state index in [4.69, 9.17) is 15.2 Å². The summed E-state index contributed by atoms with van der Waals surface area (Å²) in [6, 6.07) is 8.55. The normalized spacial score (nSPS) is 10.7. The molecule has 3 N–H and O–H groups in total. The molecule has 1 aromatic carbocycles. The maximum Gasteiger partial charge on any atom is 0.248 e. The maximum atomic E-state index is 11.2. The van der Waals surface area contributed by atoms with E-state index in [2.05, 4.69) is 24.1 Å². The molecule has 6 heteroatoms. The number of aromatic nitrogens is 1. The predicted molar refractivity (Wildman–Crippen MR) is 97.0 cm³/mol. The molecule has 1 aromatic heterocycles. The Kier molecular flexibility index (Phi) is 6.77. The minimum absolute atomic E-state index is 0.361. The Morgan fingerprint density at radius 3 is 2.64 bits per heavy atom. The van der Waals surface area contributed by atoms with Crippen molar-refractivity contribution in [2.24, 2.45) is 11.7 Å². The van der Waals surface area contributed by atoms with Crippen LogP contribution in [0.4, 0.5) is 0 Å². The summed E-state index contributed by atoms with van der Waals surface area (Å²) >= 11 is 0. The van der Waals surface area contributed by atoms with Gasteiger partial charge in [-0.25, -0.2) is 4.98 Å². The summed E-state index contributed by atoms with van der Waals surface area (Å²) < 4.78 is 11.0. The average Bonchev–Trinajstić information content (AvgIpc) is 2.60. The molecule has 0 unspecified atom stereocenters. The van der Waals surface area contributed by atoms with Gasteiger partial charge in [0.05, 0.1) is 7.11 Å². The first-order valence-electron chi connectivity index (χ1n) is 8.31. The molecule has 1 amide bonds. The maximum absolute atomic E-state index is 11.2. The van der Waals surface area contributed by atoms with Crippen LogP contribution in [0.3, 0.4) is 0 Å². The number of benzene rings is 1. The largest absolute Gasteiger partial charge is 0.493 e. The fraction of sp³-hybridized carbons (Fsp3) is 0.368. The number of hydrogen-bond acceptors (Lipinski definition) is 5. The van der Waals surface area contributed by atoms with Gasteiger partial charge in [0.1, 0.15) is 0 Å². The van der Waals surface area contributed by atoms with Crippen molar-refractivity contribution in [1.82, 2.24) is 10.3 Å². The van der Waals surface area contributed by atoms with E-state index in [-0.39, 0.29) is 0 Å². The molecular formula is C19H25N3O3.